The number of hydrogen-bond donors (Lipinski definition) is 2. The van der Waals surface area contributed by atoms with Crippen LogP contribution in [0.25, 0.3) is 75.4 Å². The SMILES string of the molecule is COc1ccc(C(O)c2cc3ccc4ccc5c(C(O)c6ccc7ccccc7c6)cc6ccc7ccc2c2c7c6c5c4c32)cc1. The number of ether oxygens (including phenoxy) is 1. The highest BCUT2D eigenvalue weighted by molar-refractivity contribution is 6.45. The minimum atomic E-state index is -0.792. The van der Waals surface area contributed by atoms with Crippen LogP contribution in [-0.2, 0) is 0 Å². The van der Waals surface area contributed by atoms with Gasteiger partial charge in [-0.3, -0.25) is 0 Å². The van der Waals surface area contributed by atoms with Crippen LogP contribution in [0.4, 0.5) is 0 Å². The van der Waals surface area contributed by atoms with Gasteiger partial charge in [0.05, 0.1) is 7.11 Å². The van der Waals surface area contributed by atoms with Crippen molar-refractivity contribution >= 4 is 75.4 Å². The lowest BCUT2D eigenvalue weighted by Gasteiger charge is -2.25. The summed E-state index contributed by atoms with van der Waals surface area (Å²) in [6, 6.07) is 44.1. The van der Waals surface area contributed by atoms with Crippen molar-refractivity contribution in [3.05, 3.63) is 150 Å². The Labute approximate surface area is 264 Å². The van der Waals surface area contributed by atoms with Gasteiger partial charge in [-0.2, -0.15) is 0 Å². The van der Waals surface area contributed by atoms with E-state index in [0.717, 1.165) is 60.3 Å². The quantitative estimate of drug-likeness (QED) is 0.154. The van der Waals surface area contributed by atoms with Crippen molar-refractivity contribution in [3.8, 4) is 5.75 Å². The molecule has 0 bridgehead atoms. The van der Waals surface area contributed by atoms with Crippen LogP contribution >= 0.6 is 0 Å². The largest absolute Gasteiger partial charge is 0.497 e. The molecule has 0 aliphatic carbocycles. The van der Waals surface area contributed by atoms with Crippen LogP contribution in [0.3, 0.4) is 0 Å². The Balaban J connectivity index is 1.29. The van der Waals surface area contributed by atoms with Gasteiger partial charge in [-0.1, -0.05) is 97.1 Å². The van der Waals surface area contributed by atoms with Gasteiger partial charge in [-0.05, 0) is 128 Å². The molecule has 0 aliphatic heterocycles. The van der Waals surface area contributed by atoms with Crippen LogP contribution in [0.15, 0.2) is 127 Å². The van der Waals surface area contributed by atoms with Crippen molar-refractivity contribution in [1.29, 1.82) is 0 Å². The van der Waals surface area contributed by atoms with E-state index in [9.17, 15) is 10.2 Å². The number of benzene rings is 10. The zero-order valence-corrected chi connectivity index (χ0v) is 25.1. The van der Waals surface area contributed by atoms with Crippen LogP contribution in [0.1, 0.15) is 34.5 Å². The predicted molar refractivity (Wildman–Crippen MR) is 190 cm³/mol. The first-order valence-electron chi connectivity index (χ1n) is 15.7. The molecule has 2 atom stereocenters. The van der Waals surface area contributed by atoms with Crippen LogP contribution in [0.5, 0.6) is 5.75 Å². The van der Waals surface area contributed by atoms with Crippen LogP contribution in [-0.4, -0.2) is 17.3 Å². The van der Waals surface area contributed by atoms with Gasteiger partial charge >= 0.3 is 0 Å². The number of aliphatic hydroxyl groups excluding tert-OH is 2. The standard InChI is InChI=1S/C43H28O3/c1-46-31-16-12-26(13-17-31)42(44)34-21-28-9-7-25-15-19-33-35(43(45)30-11-6-23-4-2-3-5-27(23)20-30)22-29-10-8-24-14-18-32(34)40-36(24)39(29)41(33)37(25)38(28)40/h2-22,42-45H,1H3. The molecule has 0 aromatic heterocycles. The fourth-order valence-corrected chi connectivity index (χ4v) is 8.11. The summed E-state index contributed by atoms with van der Waals surface area (Å²) in [5.74, 6) is 0.763. The van der Waals surface area contributed by atoms with E-state index in [0.29, 0.717) is 0 Å². The van der Waals surface area contributed by atoms with Crippen molar-refractivity contribution in [1.82, 2.24) is 0 Å². The first kappa shape index (κ1) is 25.8. The molecule has 0 radical (unpaired) electrons. The maximum absolute atomic E-state index is 12.0. The van der Waals surface area contributed by atoms with Crippen LogP contribution in [0.2, 0.25) is 0 Å². The first-order valence-corrected chi connectivity index (χ1v) is 15.7. The van der Waals surface area contributed by atoms with Gasteiger partial charge in [0.2, 0.25) is 0 Å². The molecule has 10 rings (SSSR count). The first-order chi connectivity index (χ1) is 22.6. The van der Waals surface area contributed by atoms with Gasteiger partial charge in [-0.15, -0.1) is 0 Å². The van der Waals surface area contributed by atoms with E-state index in [2.05, 4.69) is 84.9 Å². The van der Waals surface area contributed by atoms with Crippen molar-refractivity contribution in [2.24, 2.45) is 0 Å². The Bertz CT molecular complexity index is 2740. The van der Waals surface area contributed by atoms with E-state index < -0.39 is 12.2 Å². The summed E-state index contributed by atoms with van der Waals surface area (Å²) in [6.07, 6.45) is -1.57. The third-order valence-corrected chi connectivity index (χ3v) is 10.3. The van der Waals surface area contributed by atoms with Gasteiger partial charge in [0.25, 0.3) is 0 Å². The molecule has 0 aliphatic rings. The summed E-state index contributed by atoms with van der Waals surface area (Å²) in [4.78, 5) is 0. The van der Waals surface area contributed by atoms with E-state index in [4.69, 9.17) is 4.74 Å². The second-order valence-electron chi connectivity index (χ2n) is 12.6. The molecule has 10 aromatic carbocycles. The average Bonchev–Trinajstić information content (AvgIpc) is 3.12. The molecule has 0 amide bonds. The molecular formula is C43H28O3. The minimum Gasteiger partial charge on any atom is -0.497 e. The van der Waals surface area contributed by atoms with Gasteiger partial charge in [0.15, 0.2) is 0 Å². The molecule has 218 valence electrons. The van der Waals surface area contributed by atoms with Crippen molar-refractivity contribution in [2.75, 3.05) is 7.11 Å². The van der Waals surface area contributed by atoms with E-state index in [1.807, 2.05) is 42.5 Å². The van der Waals surface area contributed by atoms with Gasteiger partial charge < -0.3 is 14.9 Å². The summed E-state index contributed by atoms with van der Waals surface area (Å²) in [7, 11) is 1.65. The summed E-state index contributed by atoms with van der Waals surface area (Å²) in [6.45, 7) is 0. The second kappa shape index (κ2) is 9.27. The fourth-order valence-electron chi connectivity index (χ4n) is 8.11. The summed E-state index contributed by atoms with van der Waals surface area (Å²) < 4.78 is 5.37. The zero-order chi connectivity index (χ0) is 30.7. The smallest absolute Gasteiger partial charge is 0.118 e. The molecule has 3 nitrogen and oxygen atoms in total. The topological polar surface area (TPSA) is 49.7 Å². The normalized spacial score (nSPS) is 13.8. The van der Waals surface area contributed by atoms with E-state index in [-0.39, 0.29) is 0 Å². The Kier molecular flexibility index (Phi) is 5.20. The minimum absolute atomic E-state index is 0.763. The Morgan fingerprint density at radius 1 is 0.413 bits per heavy atom. The Morgan fingerprint density at radius 3 is 1.46 bits per heavy atom. The molecule has 0 heterocycles. The number of rotatable bonds is 5. The highest BCUT2D eigenvalue weighted by atomic mass is 16.5. The van der Waals surface area contributed by atoms with Crippen LogP contribution in [0, 0.1) is 0 Å². The lowest BCUT2D eigenvalue weighted by Crippen LogP contribution is -2.04. The van der Waals surface area contributed by atoms with Crippen LogP contribution < -0.4 is 4.74 Å². The summed E-state index contributed by atoms with van der Waals surface area (Å²) in [5, 5.41) is 40.0. The maximum atomic E-state index is 12.0. The van der Waals surface area contributed by atoms with Gasteiger partial charge in [0.1, 0.15) is 18.0 Å². The van der Waals surface area contributed by atoms with E-state index in [1.54, 1.807) is 7.11 Å². The van der Waals surface area contributed by atoms with Crippen molar-refractivity contribution in [2.45, 2.75) is 12.2 Å². The third-order valence-electron chi connectivity index (χ3n) is 10.3. The van der Waals surface area contributed by atoms with Crippen molar-refractivity contribution in [3.63, 3.8) is 0 Å². The van der Waals surface area contributed by atoms with Gasteiger partial charge in [0, 0.05) is 0 Å². The molecular weight excluding hydrogens is 564 g/mol. The monoisotopic (exact) mass is 592 g/mol. The Hall–Kier alpha value is -5.48. The van der Waals surface area contributed by atoms with E-state index >= 15 is 0 Å². The van der Waals surface area contributed by atoms with Gasteiger partial charge in [-0.25, -0.2) is 0 Å². The molecule has 46 heavy (non-hydrogen) atoms. The maximum Gasteiger partial charge on any atom is 0.118 e. The third kappa shape index (κ3) is 3.39. The average molecular weight is 593 g/mol. The second-order valence-corrected chi connectivity index (χ2v) is 12.6. The molecule has 3 heteroatoms. The highest BCUT2D eigenvalue weighted by Crippen LogP contribution is 2.51. The molecule has 0 saturated heterocycles. The number of hydrogen-bond acceptors (Lipinski definition) is 3. The lowest BCUT2D eigenvalue weighted by molar-refractivity contribution is 0.221. The Morgan fingerprint density at radius 2 is 0.870 bits per heavy atom. The van der Waals surface area contributed by atoms with E-state index in [1.165, 1.54) is 43.1 Å². The predicted octanol–water partition coefficient (Wildman–Crippen LogP) is 10.2. The lowest BCUT2D eigenvalue weighted by atomic mass is 9.79. The number of fused-ring (bicyclic) bond motifs is 1. The summed E-state index contributed by atoms with van der Waals surface area (Å²) in [5.41, 5.74) is 3.52. The highest BCUT2D eigenvalue weighted by Gasteiger charge is 2.26. The zero-order valence-electron chi connectivity index (χ0n) is 25.1. The molecule has 10 aromatic rings. The molecule has 0 fully saturated rings. The molecule has 2 unspecified atom stereocenters. The van der Waals surface area contributed by atoms with Crippen molar-refractivity contribution < 1.29 is 14.9 Å². The summed E-state index contributed by atoms with van der Waals surface area (Å²) >= 11 is 0. The fraction of sp³-hybridized carbons (Fsp3) is 0.0698. The molecule has 0 spiro atoms. The number of aliphatic hydroxyl groups is 2. The molecule has 0 saturated carbocycles. The molecule has 2 N–H and O–H groups in total. The number of methoxy groups -OCH3 is 1.